The van der Waals surface area contributed by atoms with Gasteiger partial charge in [0.1, 0.15) is 6.04 Å². The third-order valence-corrected chi connectivity index (χ3v) is 5.24. The second-order valence-electron chi connectivity index (χ2n) is 5.85. The number of nitrogens with zero attached hydrogens (tertiary/aromatic N) is 2. The molecule has 0 aliphatic carbocycles. The van der Waals surface area contributed by atoms with Crippen LogP contribution in [0, 0.1) is 0 Å². The number of carbonyl (C=O) groups is 1. The molecule has 2 aliphatic heterocycles. The number of benzene rings is 1. The predicted molar refractivity (Wildman–Crippen MR) is 93.9 cm³/mol. The van der Waals surface area contributed by atoms with E-state index in [4.69, 9.17) is 14.5 Å². The van der Waals surface area contributed by atoms with Gasteiger partial charge in [-0.2, -0.15) is 0 Å². The van der Waals surface area contributed by atoms with E-state index in [2.05, 4.69) is 15.5 Å². The molecule has 24 heavy (non-hydrogen) atoms. The van der Waals surface area contributed by atoms with Crippen molar-refractivity contribution in [3.05, 3.63) is 18.2 Å². The van der Waals surface area contributed by atoms with Crippen LogP contribution in [-0.4, -0.2) is 63.0 Å². The summed E-state index contributed by atoms with van der Waals surface area (Å²) in [5.74, 6) is -0.0630. The lowest BCUT2D eigenvalue weighted by Crippen LogP contribution is -2.48. The first-order valence-corrected chi connectivity index (χ1v) is 8.96. The van der Waals surface area contributed by atoms with Crippen LogP contribution >= 0.6 is 11.3 Å². The van der Waals surface area contributed by atoms with E-state index in [1.54, 1.807) is 11.3 Å². The molecule has 128 valence electrons. The molecule has 4 rings (SSSR count). The van der Waals surface area contributed by atoms with Gasteiger partial charge in [-0.05, 0) is 18.2 Å². The zero-order chi connectivity index (χ0) is 16.4. The lowest BCUT2D eigenvalue weighted by atomic mass is 10.2. The van der Waals surface area contributed by atoms with Crippen molar-refractivity contribution in [1.82, 2.24) is 10.3 Å². The minimum atomic E-state index is -0.292. The normalized spacial score (nSPS) is 21.8. The maximum absolute atomic E-state index is 12.3. The summed E-state index contributed by atoms with van der Waals surface area (Å²) in [6.45, 7) is 5.00. The Labute approximate surface area is 143 Å². The monoisotopic (exact) mass is 348 g/mol. The highest BCUT2D eigenvalue weighted by Gasteiger charge is 2.21. The molecule has 1 atom stereocenters. The molecule has 2 N–H and O–H groups in total. The first kappa shape index (κ1) is 15.8. The number of thiazole rings is 1. The zero-order valence-electron chi connectivity index (χ0n) is 13.3. The maximum Gasteiger partial charge on any atom is 0.243 e. The Hall–Kier alpha value is -1.74. The van der Waals surface area contributed by atoms with Crippen LogP contribution in [0.5, 0.6) is 0 Å². The molecule has 0 saturated carbocycles. The first-order chi connectivity index (χ1) is 11.8. The standard InChI is InChI=1S/C16H20N4O3S/c21-15(13-10-23-6-3-17-13)18-11-1-2-12-14(9-11)24-16(19-12)20-4-7-22-8-5-20/h1-2,9,13,17H,3-8,10H2,(H,18,21). The molecule has 1 aromatic carbocycles. The van der Waals surface area contributed by atoms with Crippen molar-refractivity contribution in [3.63, 3.8) is 0 Å². The van der Waals surface area contributed by atoms with Gasteiger partial charge in [0.15, 0.2) is 5.13 Å². The quantitative estimate of drug-likeness (QED) is 0.864. The highest BCUT2D eigenvalue weighted by Crippen LogP contribution is 2.31. The number of fused-ring (bicyclic) bond motifs is 1. The molecule has 3 heterocycles. The number of hydrogen-bond acceptors (Lipinski definition) is 7. The average Bonchev–Trinajstić information content (AvgIpc) is 3.06. The topological polar surface area (TPSA) is 75.7 Å². The van der Waals surface area contributed by atoms with E-state index in [-0.39, 0.29) is 11.9 Å². The van der Waals surface area contributed by atoms with Crippen molar-refractivity contribution in [2.75, 3.05) is 56.3 Å². The van der Waals surface area contributed by atoms with Gasteiger partial charge in [-0.25, -0.2) is 4.98 Å². The van der Waals surface area contributed by atoms with Crippen LogP contribution in [0.15, 0.2) is 18.2 Å². The number of nitrogens with one attached hydrogen (secondary N) is 2. The van der Waals surface area contributed by atoms with Gasteiger partial charge in [-0.15, -0.1) is 0 Å². The Balaban J connectivity index is 1.49. The van der Waals surface area contributed by atoms with Crippen LogP contribution in [0.2, 0.25) is 0 Å². The van der Waals surface area contributed by atoms with Crippen LogP contribution < -0.4 is 15.5 Å². The molecule has 8 heteroatoms. The molecule has 2 aliphatic rings. The van der Waals surface area contributed by atoms with E-state index in [9.17, 15) is 4.79 Å². The summed E-state index contributed by atoms with van der Waals surface area (Å²) in [5, 5.41) is 7.13. The van der Waals surface area contributed by atoms with E-state index in [1.807, 2.05) is 18.2 Å². The van der Waals surface area contributed by atoms with E-state index in [0.29, 0.717) is 19.8 Å². The number of aromatic nitrogens is 1. The summed E-state index contributed by atoms with van der Waals surface area (Å²) in [6.07, 6.45) is 0. The SMILES string of the molecule is O=C(Nc1ccc2nc(N3CCOCC3)sc2c1)C1COCCN1. The molecule has 2 fully saturated rings. The van der Waals surface area contributed by atoms with Crippen LogP contribution in [0.25, 0.3) is 10.2 Å². The highest BCUT2D eigenvalue weighted by atomic mass is 32.1. The van der Waals surface area contributed by atoms with Crippen molar-refractivity contribution in [1.29, 1.82) is 0 Å². The van der Waals surface area contributed by atoms with E-state index in [1.165, 1.54) is 0 Å². The van der Waals surface area contributed by atoms with Crippen molar-refractivity contribution >= 4 is 38.3 Å². The molecule has 1 unspecified atom stereocenters. The molecular formula is C16H20N4O3S. The Morgan fingerprint density at radius 3 is 2.96 bits per heavy atom. The lowest BCUT2D eigenvalue weighted by Gasteiger charge is -2.25. The van der Waals surface area contributed by atoms with Gasteiger partial charge in [-0.1, -0.05) is 11.3 Å². The second-order valence-corrected chi connectivity index (χ2v) is 6.86. The van der Waals surface area contributed by atoms with Crippen LogP contribution in [0.3, 0.4) is 0 Å². The second kappa shape index (κ2) is 7.02. The molecule has 1 aromatic heterocycles. The summed E-state index contributed by atoms with van der Waals surface area (Å²) in [4.78, 5) is 19.2. The van der Waals surface area contributed by atoms with Crippen LogP contribution in [0.4, 0.5) is 10.8 Å². The van der Waals surface area contributed by atoms with Gasteiger partial charge in [0.25, 0.3) is 0 Å². The van der Waals surface area contributed by atoms with E-state index < -0.39 is 0 Å². The fourth-order valence-electron chi connectivity index (χ4n) is 2.84. The third kappa shape index (κ3) is 3.36. The number of ether oxygens (including phenoxy) is 2. The van der Waals surface area contributed by atoms with Gasteiger partial charge < -0.3 is 25.0 Å². The Morgan fingerprint density at radius 1 is 1.29 bits per heavy atom. The number of amides is 1. The smallest absolute Gasteiger partial charge is 0.243 e. The summed E-state index contributed by atoms with van der Waals surface area (Å²) in [5.41, 5.74) is 1.75. The summed E-state index contributed by atoms with van der Waals surface area (Å²) in [6, 6.07) is 5.54. The predicted octanol–water partition coefficient (Wildman–Crippen LogP) is 1.06. The molecule has 1 amide bonds. The Kier molecular flexibility index (Phi) is 4.61. The van der Waals surface area contributed by atoms with Gasteiger partial charge >= 0.3 is 0 Å². The molecule has 2 aromatic rings. The van der Waals surface area contributed by atoms with Crippen LogP contribution in [-0.2, 0) is 14.3 Å². The van der Waals surface area contributed by atoms with E-state index >= 15 is 0 Å². The fraction of sp³-hybridized carbons (Fsp3) is 0.500. The van der Waals surface area contributed by atoms with E-state index in [0.717, 1.165) is 47.3 Å². The molecule has 0 spiro atoms. The molecule has 7 nitrogen and oxygen atoms in total. The van der Waals surface area contributed by atoms with Crippen molar-refractivity contribution in [2.24, 2.45) is 0 Å². The minimum absolute atomic E-state index is 0.0630. The highest BCUT2D eigenvalue weighted by molar-refractivity contribution is 7.22. The van der Waals surface area contributed by atoms with Crippen molar-refractivity contribution in [3.8, 4) is 0 Å². The average molecular weight is 348 g/mol. The number of anilines is 2. The van der Waals surface area contributed by atoms with Crippen molar-refractivity contribution in [2.45, 2.75) is 6.04 Å². The summed E-state index contributed by atoms with van der Waals surface area (Å²) < 4.78 is 11.8. The minimum Gasteiger partial charge on any atom is -0.378 e. The zero-order valence-corrected chi connectivity index (χ0v) is 14.1. The fourth-order valence-corrected chi connectivity index (χ4v) is 3.90. The summed E-state index contributed by atoms with van der Waals surface area (Å²) in [7, 11) is 0. The Morgan fingerprint density at radius 2 is 2.17 bits per heavy atom. The molecule has 2 saturated heterocycles. The Bertz CT molecular complexity index is 723. The number of hydrogen-bond donors (Lipinski definition) is 2. The number of carbonyl (C=O) groups excluding carboxylic acids is 1. The van der Waals surface area contributed by atoms with Crippen LogP contribution in [0.1, 0.15) is 0 Å². The van der Waals surface area contributed by atoms with Gasteiger partial charge in [0, 0.05) is 25.3 Å². The summed E-state index contributed by atoms with van der Waals surface area (Å²) >= 11 is 1.65. The molecular weight excluding hydrogens is 328 g/mol. The van der Waals surface area contributed by atoms with Crippen molar-refractivity contribution < 1.29 is 14.3 Å². The van der Waals surface area contributed by atoms with Gasteiger partial charge in [-0.3, -0.25) is 4.79 Å². The van der Waals surface area contributed by atoms with Gasteiger partial charge in [0.2, 0.25) is 5.91 Å². The first-order valence-electron chi connectivity index (χ1n) is 8.15. The molecule has 0 radical (unpaired) electrons. The van der Waals surface area contributed by atoms with Gasteiger partial charge in [0.05, 0.1) is 36.6 Å². The molecule has 0 bridgehead atoms. The maximum atomic E-state index is 12.3. The number of rotatable bonds is 3. The third-order valence-electron chi connectivity index (χ3n) is 4.16. The lowest BCUT2D eigenvalue weighted by molar-refractivity contribution is -0.120. The number of morpholine rings is 2. The largest absolute Gasteiger partial charge is 0.378 e.